The van der Waals surface area contributed by atoms with E-state index in [9.17, 15) is 25.2 Å². The Kier molecular flexibility index (Phi) is 7.59. The number of aromatic nitrogens is 1. The Balaban J connectivity index is 2.10. The molecule has 4 N–H and O–H groups in total. The second kappa shape index (κ2) is 9.90. The van der Waals surface area contributed by atoms with Gasteiger partial charge in [0.15, 0.2) is 11.5 Å². The third-order valence-corrected chi connectivity index (χ3v) is 7.90. The molecule has 2 aliphatic rings. The van der Waals surface area contributed by atoms with Crippen molar-refractivity contribution in [2.75, 3.05) is 0 Å². The quantitative estimate of drug-likeness (QED) is 0.272. The van der Waals surface area contributed by atoms with Crippen molar-refractivity contribution in [1.82, 2.24) is 4.57 Å². The lowest BCUT2D eigenvalue weighted by molar-refractivity contribution is 0.0326. The maximum Gasteiger partial charge on any atom is 0.206 e. The number of aromatic hydroxyl groups is 2. The number of Topliss-reactive ketones (excluding diaryl/α,β-unsaturated/α-hetero) is 1. The van der Waals surface area contributed by atoms with Gasteiger partial charge in [0, 0.05) is 18.4 Å². The predicted molar refractivity (Wildman–Crippen MR) is 129 cm³/mol. The van der Waals surface area contributed by atoms with Gasteiger partial charge in [-0.25, -0.2) is 0 Å². The summed E-state index contributed by atoms with van der Waals surface area (Å²) in [4.78, 5) is 14.2. The van der Waals surface area contributed by atoms with Crippen molar-refractivity contribution in [3.8, 4) is 11.6 Å². The third kappa shape index (κ3) is 4.56. The summed E-state index contributed by atoms with van der Waals surface area (Å²) in [5.41, 5.74) is 0.281. The zero-order valence-electron chi connectivity index (χ0n) is 20.5. The number of ketones is 1. The number of hydrogen-bond acceptors (Lipinski definition) is 5. The fourth-order valence-corrected chi connectivity index (χ4v) is 6.05. The van der Waals surface area contributed by atoms with Gasteiger partial charge in [-0.2, -0.15) is 0 Å². The molecule has 1 heterocycles. The molecule has 0 aromatic carbocycles. The number of rotatable bonds is 7. The van der Waals surface area contributed by atoms with E-state index in [4.69, 9.17) is 0 Å². The fraction of sp³-hybridized carbons (Fsp3) is 0.593. The molecule has 6 heteroatoms. The van der Waals surface area contributed by atoms with Crippen LogP contribution in [-0.2, 0) is 13.7 Å². The molecule has 0 saturated heterocycles. The van der Waals surface area contributed by atoms with Gasteiger partial charge in [-0.1, -0.05) is 56.2 Å². The highest BCUT2D eigenvalue weighted by Gasteiger charge is 2.54. The Labute approximate surface area is 197 Å². The number of nitrogens with zero attached hydrogens (tertiary/aromatic N) is 1. The van der Waals surface area contributed by atoms with Crippen LogP contribution in [-0.4, -0.2) is 36.9 Å². The lowest BCUT2D eigenvalue weighted by atomic mass is 9.51. The van der Waals surface area contributed by atoms with Crippen molar-refractivity contribution in [3.63, 3.8) is 0 Å². The lowest BCUT2D eigenvalue weighted by Gasteiger charge is -2.51. The van der Waals surface area contributed by atoms with Crippen LogP contribution < -0.4 is 0 Å². The zero-order valence-corrected chi connectivity index (χ0v) is 20.5. The first-order chi connectivity index (χ1) is 15.5. The van der Waals surface area contributed by atoms with E-state index in [0.29, 0.717) is 12.3 Å². The van der Waals surface area contributed by atoms with Gasteiger partial charge < -0.3 is 25.0 Å². The molecule has 1 saturated carbocycles. The Bertz CT molecular complexity index is 970. The van der Waals surface area contributed by atoms with Gasteiger partial charge >= 0.3 is 0 Å². The summed E-state index contributed by atoms with van der Waals surface area (Å²) in [7, 11) is 1.53. The van der Waals surface area contributed by atoms with Crippen LogP contribution >= 0.6 is 0 Å². The van der Waals surface area contributed by atoms with E-state index < -0.39 is 18.1 Å². The van der Waals surface area contributed by atoms with E-state index >= 15 is 0 Å². The summed E-state index contributed by atoms with van der Waals surface area (Å²) in [6.45, 7) is 7.54. The standard InChI is InChI=1S/C27H39NO5/c1-16-11-12-21-19(13-16)14-17(2)20(10-8-6-7-9-18(3)30)27(21,4)25(32)23-24(31)22(15-29)28(5)26(23)33/h6-8,10,14,16,18-21,29-31,33H,9,11-13,15H2,1-5H3/b7-6+,10-8+/t16-,18+,19+,20+,21+,27-/m1/s1. The molecule has 0 bridgehead atoms. The number of aliphatic hydroxyl groups is 2. The molecule has 1 aromatic heterocycles. The Morgan fingerprint density at radius 1 is 1.30 bits per heavy atom. The van der Waals surface area contributed by atoms with Crippen molar-refractivity contribution in [3.05, 3.63) is 47.2 Å². The third-order valence-electron chi connectivity index (χ3n) is 7.90. The van der Waals surface area contributed by atoms with Crippen LogP contribution in [0.5, 0.6) is 11.6 Å². The SMILES string of the molecule is CC1=C[C@@H]2C[C@H](C)CC[C@@H]2[C@](C)(C(=O)c2c(O)c(CO)n(C)c2O)[C@H]1/C=C/C=C/C[C@H](C)O. The second-order valence-electron chi connectivity index (χ2n) is 10.3. The van der Waals surface area contributed by atoms with Crippen molar-refractivity contribution in [1.29, 1.82) is 0 Å². The predicted octanol–water partition coefficient (Wildman–Crippen LogP) is 4.63. The minimum atomic E-state index is -0.860. The summed E-state index contributed by atoms with van der Waals surface area (Å²) < 4.78 is 1.28. The fourth-order valence-electron chi connectivity index (χ4n) is 6.05. The second-order valence-corrected chi connectivity index (χ2v) is 10.3. The maximum atomic E-state index is 14.2. The molecule has 182 valence electrons. The molecule has 6 nitrogen and oxygen atoms in total. The van der Waals surface area contributed by atoms with Crippen molar-refractivity contribution in [2.45, 2.75) is 66.1 Å². The monoisotopic (exact) mass is 457 g/mol. The summed E-state index contributed by atoms with van der Waals surface area (Å²) in [6, 6.07) is 0. The van der Waals surface area contributed by atoms with Crippen LogP contribution in [0.4, 0.5) is 0 Å². The molecule has 3 rings (SSSR count). The largest absolute Gasteiger partial charge is 0.505 e. The van der Waals surface area contributed by atoms with Crippen LogP contribution in [0.1, 0.15) is 69.4 Å². The summed E-state index contributed by atoms with van der Waals surface area (Å²) in [6.07, 6.45) is 13.2. The maximum absolute atomic E-state index is 14.2. The first kappa shape index (κ1) is 25.3. The van der Waals surface area contributed by atoms with Crippen LogP contribution in [0.25, 0.3) is 0 Å². The molecule has 2 aliphatic carbocycles. The number of carbonyl (C=O) groups excluding carboxylic acids is 1. The molecule has 6 atom stereocenters. The van der Waals surface area contributed by atoms with Gasteiger partial charge in [0.2, 0.25) is 5.88 Å². The molecule has 33 heavy (non-hydrogen) atoms. The number of hydrogen-bond donors (Lipinski definition) is 4. The minimum Gasteiger partial charge on any atom is -0.505 e. The molecule has 1 aromatic rings. The molecule has 0 aliphatic heterocycles. The average molecular weight is 458 g/mol. The average Bonchev–Trinajstić information content (AvgIpc) is 2.96. The topological polar surface area (TPSA) is 103 Å². The van der Waals surface area contributed by atoms with Crippen molar-refractivity contribution >= 4 is 5.78 Å². The normalized spacial score (nSPS) is 31.1. The van der Waals surface area contributed by atoms with Crippen LogP contribution in [0.15, 0.2) is 36.0 Å². The van der Waals surface area contributed by atoms with Gasteiger partial charge in [0.05, 0.1) is 18.4 Å². The Morgan fingerprint density at radius 2 is 2.00 bits per heavy atom. The number of fused-ring (bicyclic) bond motifs is 1. The van der Waals surface area contributed by atoms with E-state index in [-0.39, 0.29) is 46.4 Å². The van der Waals surface area contributed by atoms with Crippen molar-refractivity contribution < 1.29 is 25.2 Å². The minimum absolute atomic E-state index is 0.0811. The highest BCUT2D eigenvalue weighted by Crippen LogP contribution is 2.57. The summed E-state index contributed by atoms with van der Waals surface area (Å²) in [5, 5.41) is 40.6. The van der Waals surface area contributed by atoms with E-state index in [1.807, 2.05) is 31.2 Å². The molecule has 0 unspecified atom stereocenters. The smallest absolute Gasteiger partial charge is 0.206 e. The van der Waals surface area contributed by atoms with Crippen molar-refractivity contribution in [2.24, 2.45) is 36.1 Å². The van der Waals surface area contributed by atoms with Gasteiger partial charge in [-0.15, -0.1) is 0 Å². The molecule has 1 fully saturated rings. The van der Waals surface area contributed by atoms with Crippen LogP contribution in [0.2, 0.25) is 0 Å². The lowest BCUT2D eigenvalue weighted by Crippen LogP contribution is -2.49. The molecular formula is C27H39NO5. The van der Waals surface area contributed by atoms with Crippen LogP contribution in [0.3, 0.4) is 0 Å². The number of carbonyl (C=O) groups is 1. The first-order valence-corrected chi connectivity index (χ1v) is 12.0. The van der Waals surface area contributed by atoms with E-state index in [0.717, 1.165) is 24.8 Å². The van der Waals surface area contributed by atoms with E-state index in [1.54, 1.807) is 6.92 Å². The number of allylic oxidation sites excluding steroid dienone is 5. The van der Waals surface area contributed by atoms with E-state index in [1.165, 1.54) is 11.6 Å². The first-order valence-electron chi connectivity index (χ1n) is 12.0. The van der Waals surface area contributed by atoms with Gasteiger partial charge in [-0.3, -0.25) is 4.79 Å². The zero-order chi connectivity index (χ0) is 24.5. The van der Waals surface area contributed by atoms with Gasteiger partial charge in [-0.05, 0) is 50.9 Å². The molecule has 0 spiro atoms. The highest BCUT2D eigenvalue weighted by molar-refractivity contribution is 6.06. The Hall–Kier alpha value is -2.31. The summed E-state index contributed by atoms with van der Waals surface area (Å²) >= 11 is 0. The van der Waals surface area contributed by atoms with Crippen LogP contribution in [0, 0.1) is 29.1 Å². The molecular weight excluding hydrogens is 418 g/mol. The van der Waals surface area contributed by atoms with E-state index in [2.05, 4.69) is 19.9 Å². The van der Waals surface area contributed by atoms with Gasteiger partial charge in [0.1, 0.15) is 5.56 Å². The molecule has 0 amide bonds. The Morgan fingerprint density at radius 3 is 2.61 bits per heavy atom. The highest BCUT2D eigenvalue weighted by atomic mass is 16.3. The number of aliphatic hydroxyl groups excluding tert-OH is 2. The van der Waals surface area contributed by atoms with Gasteiger partial charge in [0.25, 0.3) is 0 Å². The molecule has 0 radical (unpaired) electrons. The summed E-state index contributed by atoms with van der Waals surface area (Å²) in [5.74, 6) is -0.197.